The third kappa shape index (κ3) is 5.53. The van der Waals surface area contributed by atoms with Gasteiger partial charge in [-0.05, 0) is 44.4 Å². The van der Waals surface area contributed by atoms with E-state index in [0.29, 0.717) is 6.54 Å². The fourth-order valence-electron chi connectivity index (χ4n) is 2.32. The molecular weight excluding hydrogens is 284 g/mol. The van der Waals surface area contributed by atoms with Crippen molar-refractivity contribution in [3.05, 3.63) is 60.2 Å². The van der Waals surface area contributed by atoms with Gasteiger partial charge < -0.3 is 10.6 Å². The molecule has 0 radical (unpaired) electrons. The molecule has 0 bridgehead atoms. The molecule has 2 N–H and O–H groups in total. The largest absolute Gasteiger partial charge is 0.348 e. The Hall–Kier alpha value is -2.13. The van der Waals surface area contributed by atoms with E-state index in [4.69, 9.17) is 0 Å². The van der Waals surface area contributed by atoms with Gasteiger partial charge in [-0.15, -0.1) is 0 Å². The summed E-state index contributed by atoms with van der Waals surface area (Å²) < 4.78 is 0. The van der Waals surface area contributed by atoms with E-state index < -0.39 is 0 Å². The molecule has 2 aromatic rings. The van der Waals surface area contributed by atoms with Gasteiger partial charge in [-0.2, -0.15) is 0 Å². The van der Waals surface area contributed by atoms with Crippen LogP contribution in [0.5, 0.6) is 0 Å². The predicted molar refractivity (Wildman–Crippen MR) is 96.2 cm³/mol. The van der Waals surface area contributed by atoms with Gasteiger partial charge in [0.25, 0.3) is 0 Å². The lowest BCUT2D eigenvalue weighted by molar-refractivity contribution is -0.121. The van der Waals surface area contributed by atoms with Crippen LogP contribution >= 0.6 is 0 Å². The molecule has 0 saturated carbocycles. The van der Waals surface area contributed by atoms with Crippen LogP contribution in [-0.2, 0) is 4.79 Å². The predicted octanol–water partition coefficient (Wildman–Crippen LogP) is 3.92. The Kier molecular flexibility index (Phi) is 5.56. The van der Waals surface area contributed by atoms with E-state index in [1.807, 2.05) is 45.9 Å². The molecule has 1 unspecified atom stereocenters. The summed E-state index contributed by atoms with van der Waals surface area (Å²) in [7, 11) is 0. The number of carbonyl (C=O) groups is 1. The first-order valence-corrected chi connectivity index (χ1v) is 8.05. The van der Waals surface area contributed by atoms with E-state index in [0.717, 1.165) is 5.56 Å². The molecule has 1 atom stereocenters. The van der Waals surface area contributed by atoms with Crippen LogP contribution in [0.3, 0.4) is 0 Å². The highest BCUT2D eigenvalue weighted by Crippen LogP contribution is 2.21. The van der Waals surface area contributed by atoms with Gasteiger partial charge in [0.1, 0.15) is 0 Å². The van der Waals surface area contributed by atoms with E-state index in [2.05, 4.69) is 47.0 Å². The summed E-state index contributed by atoms with van der Waals surface area (Å²) in [6.07, 6.45) is 0. The zero-order valence-corrected chi connectivity index (χ0v) is 14.4. The van der Waals surface area contributed by atoms with Gasteiger partial charge in [0.15, 0.2) is 0 Å². The van der Waals surface area contributed by atoms with Crippen molar-refractivity contribution in [3.8, 4) is 11.1 Å². The summed E-state index contributed by atoms with van der Waals surface area (Å²) in [6.45, 7) is 8.48. The minimum atomic E-state index is -0.0576. The minimum absolute atomic E-state index is 0.00547. The lowest BCUT2D eigenvalue weighted by atomic mass is 10.0. The van der Waals surface area contributed by atoms with Crippen molar-refractivity contribution in [2.24, 2.45) is 0 Å². The number of nitrogens with one attached hydrogen (secondary N) is 2. The average molecular weight is 310 g/mol. The summed E-state index contributed by atoms with van der Waals surface area (Å²) in [4.78, 5) is 12.0. The Bertz CT molecular complexity index is 627. The van der Waals surface area contributed by atoms with Gasteiger partial charge in [-0.25, -0.2) is 0 Å². The normalized spacial score (nSPS) is 12.7. The molecular formula is C20H26N2O. The standard InChI is InChI=1S/C20H26N2O/c1-15(22-19(23)14-21-20(2,3)4)16-10-12-18(13-11-16)17-8-6-5-7-9-17/h5-13,15,21H,14H2,1-4H3,(H,22,23). The summed E-state index contributed by atoms with van der Waals surface area (Å²) in [5, 5.41) is 6.22. The highest BCUT2D eigenvalue weighted by atomic mass is 16.1. The van der Waals surface area contributed by atoms with E-state index in [9.17, 15) is 4.79 Å². The quantitative estimate of drug-likeness (QED) is 0.879. The topological polar surface area (TPSA) is 41.1 Å². The van der Waals surface area contributed by atoms with E-state index in [-0.39, 0.29) is 17.5 Å². The summed E-state index contributed by atoms with van der Waals surface area (Å²) in [6, 6.07) is 18.6. The van der Waals surface area contributed by atoms with Crippen LogP contribution in [0.4, 0.5) is 0 Å². The highest BCUT2D eigenvalue weighted by Gasteiger charge is 2.13. The number of amides is 1. The molecule has 0 aliphatic rings. The fraction of sp³-hybridized carbons (Fsp3) is 0.350. The molecule has 3 heteroatoms. The first-order valence-electron chi connectivity index (χ1n) is 8.05. The van der Waals surface area contributed by atoms with Gasteiger partial charge in [0.2, 0.25) is 5.91 Å². The number of benzene rings is 2. The maximum absolute atomic E-state index is 12.0. The second-order valence-corrected chi connectivity index (χ2v) is 6.88. The van der Waals surface area contributed by atoms with Crippen LogP contribution in [0.15, 0.2) is 54.6 Å². The van der Waals surface area contributed by atoms with Gasteiger partial charge in [0, 0.05) is 5.54 Å². The summed E-state index contributed by atoms with van der Waals surface area (Å²) >= 11 is 0. The molecule has 23 heavy (non-hydrogen) atoms. The lowest BCUT2D eigenvalue weighted by Gasteiger charge is -2.21. The zero-order chi connectivity index (χ0) is 16.9. The summed E-state index contributed by atoms with van der Waals surface area (Å²) in [5.74, 6) is 0.0135. The van der Waals surface area contributed by atoms with Crippen molar-refractivity contribution in [1.82, 2.24) is 10.6 Å². The molecule has 0 aliphatic carbocycles. The molecule has 3 nitrogen and oxygen atoms in total. The maximum Gasteiger partial charge on any atom is 0.234 e. The molecule has 0 aromatic heterocycles. The second kappa shape index (κ2) is 7.42. The fourth-order valence-corrected chi connectivity index (χ4v) is 2.32. The first kappa shape index (κ1) is 17.2. The molecule has 0 fully saturated rings. The molecule has 0 saturated heterocycles. The van der Waals surface area contributed by atoms with Crippen molar-refractivity contribution < 1.29 is 4.79 Å². The van der Waals surface area contributed by atoms with Crippen molar-refractivity contribution in [2.45, 2.75) is 39.3 Å². The van der Waals surface area contributed by atoms with Crippen LogP contribution in [0.2, 0.25) is 0 Å². The Labute approximate surface area is 139 Å². The van der Waals surface area contributed by atoms with Gasteiger partial charge in [-0.1, -0.05) is 54.6 Å². The monoisotopic (exact) mass is 310 g/mol. The Morgan fingerprint density at radius 3 is 2.09 bits per heavy atom. The van der Waals surface area contributed by atoms with Crippen LogP contribution in [0.25, 0.3) is 11.1 Å². The van der Waals surface area contributed by atoms with E-state index in [1.54, 1.807) is 0 Å². The molecule has 0 spiro atoms. The number of rotatable bonds is 5. The zero-order valence-electron chi connectivity index (χ0n) is 14.4. The molecule has 0 heterocycles. The molecule has 0 aliphatic heterocycles. The summed E-state index contributed by atoms with van der Waals surface area (Å²) in [5.41, 5.74) is 3.43. The van der Waals surface area contributed by atoms with Crippen molar-refractivity contribution in [3.63, 3.8) is 0 Å². The van der Waals surface area contributed by atoms with Crippen molar-refractivity contribution in [2.75, 3.05) is 6.54 Å². The first-order chi connectivity index (χ1) is 10.8. The van der Waals surface area contributed by atoms with Crippen LogP contribution in [0.1, 0.15) is 39.3 Å². The third-order valence-electron chi connectivity index (χ3n) is 3.67. The molecule has 2 rings (SSSR count). The maximum atomic E-state index is 12.0. The Morgan fingerprint density at radius 1 is 0.957 bits per heavy atom. The Balaban J connectivity index is 1.95. The van der Waals surface area contributed by atoms with Crippen LogP contribution in [0, 0.1) is 0 Å². The third-order valence-corrected chi connectivity index (χ3v) is 3.67. The number of carbonyl (C=O) groups excluding carboxylic acids is 1. The smallest absolute Gasteiger partial charge is 0.234 e. The Morgan fingerprint density at radius 2 is 1.52 bits per heavy atom. The SMILES string of the molecule is CC(NC(=O)CNC(C)(C)C)c1ccc(-c2ccccc2)cc1. The molecule has 1 amide bonds. The highest BCUT2D eigenvalue weighted by molar-refractivity contribution is 5.78. The molecule has 122 valence electrons. The average Bonchev–Trinajstić information content (AvgIpc) is 2.53. The van der Waals surface area contributed by atoms with Crippen molar-refractivity contribution >= 4 is 5.91 Å². The number of hydrogen-bond acceptors (Lipinski definition) is 2. The lowest BCUT2D eigenvalue weighted by Crippen LogP contribution is -2.43. The minimum Gasteiger partial charge on any atom is -0.348 e. The van der Waals surface area contributed by atoms with Crippen LogP contribution in [-0.4, -0.2) is 18.0 Å². The van der Waals surface area contributed by atoms with Crippen molar-refractivity contribution in [1.29, 1.82) is 0 Å². The molecule has 2 aromatic carbocycles. The number of hydrogen-bond donors (Lipinski definition) is 2. The van der Waals surface area contributed by atoms with Crippen LogP contribution < -0.4 is 10.6 Å². The van der Waals surface area contributed by atoms with E-state index in [1.165, 1.54) is 11.1 Å². The van der Waals surface area contributed by atoms with Gasteiger partial charge in [0.05, 0.1) is 12.6 Å². The van der Waals surface area contributed by atoms with Gasteiger partial charge >= 0.3 is 0 Å². The second-order valence-electron chi connectivity index (χ2n) is 6.88. The van der Waals surface area contributed by atoms with Gasteiger partial charge in [-0.3, -0.25) is 4.79 Å². The van der Waals surface area contributed by atoms with E-state index >= 15 is 0 Å².